The van der Waals surface area contributed by atoms with E-state index in [4.69, 9.17) is 14.2 Å². The Labute approximate surface area is 235 Å². The van der Waals surface area contributed by atoms with Crippen molar-refractivity contribution >= 4 is 33.8 Å². The Morgan fingerprint density at radius 1 is 0.850 bits per heavy atom. The van der Waals surface area contributed by atoms with E-state index in [0.29, 0.717) is 25.3 Å². The molecule has 0 bridgehead atoms. The van der Waals surface area contributed by atoms with Gasteiger partial charge in [-0.05, 0) is 69.5 Å². The first-order chi connectivity index (χ1) is 18.9. The van der Waals surface area contributed by atoms with Gasteiger partial charge in [0.05, 0.1) is 25.3 Å². The highest BCUT2D eigenvalue weighted by Crippen LogP contribution is 2.26. The molecular formula is C31H40N4O5. The molecule has 1 atom stereocenters. The molecule has 0 aliphatic carbocycles. The number of rotatable bonds is 3. The highest BCUT2D eigenvalue weighted by molar-refractivity contribution is 5.99. The normalized spacial score (nSPS) is 15.6. The molecule has 5 rings (SSSR count). The summed E-state index contributed by atoms with van der Waals surface area (Å²) in [6, 6.07) is 15.7. The van der Waals surface area contributed by atoms with Crippen LogP contribution in [0.2, 0.25) is 0 Å². The first-order valence-corrected chi connectivity index (χ1v) is 13.4. The first-order valence-electron chi connectivity index (χ1n) is 13.4. The Morgan fingerprint density at radius 3 is 2.08 bits per heavy atom. The summed E-state index contributed by atoms with van der Waals surface area (Å²) in [7, 11) is 7.23. The molecule has 4 aromatic rings. The van der Waals surface area contributed by atoms with Gasteiger partial charge < -0.3 is 33.1 Å². The molecule has 1 saturated heterocycles. The summed E-state index contributed by atoms with van der Waals surface area (Å²) in [6.45, 7) is 8.90. The fraction of sp³-hybridized carbons (Fsp3) is 0.419. The maximum atomic E-state index is 13.2. The summed E-state index contributed by atoms with van der Waals surface area (Å²) in [5, 5.41) is 2.24. The minimum absolute atomic E-state index is 0.0333. The molecule has 9 heteroatoms. The van der Waals surface area contributed by atoms with Crippen LogP contribution in [0.5, 0.6) is 11.5 Å². The molecule has 40 heavy (non-hydrogen) atoms. The maximum Gasteiger partial charge on any atom is 0.410 e. The molecule has 1 aliphatic rings. The van der Waals surface area contributed by atoms with Crippen LogP contribution >= 0.6 is 0 Å². The lowest BCUT2D eigenvalue weighted by atomic mass is 10.1. The van der Waals surface area contributed by atoms with Crippen LogP contribution in [-0.4, -0.2) is 76.4 Å². The lowest BCUT2D eigenvalue weighted by molar-refractivity contribution is 0.00599. The van der Waals surface area contributed by atoms with Gasteiger partial charge in [-0.1, -0.05) is 0 Å². The second kappa shape index (κ2) is 11.5. The molecule has 2 aromatic carbocycles. The molecular weight excluding hydrogens is 508 g/mol. The van der Waals surface area contributed by atoms with E-state index in [2.05, 4.69) is 16.7 Å². The minimum Gasteiger partial charge on any atom is -0.497 e. The van der Waals surface area contributed by atoms with Crippen molar-refractivity contribution in [1.82, 2.24) is 18.9 Å². The number of methoxy groups -OCH3 is 2. The Balaban J connectivity index is 0.000000255. The quantitative estimate of drug-likeness (QED) is 0.340. The van der Waals surface area contributed by atoms with Crippen molar-refractivity contribution in [3.63, 3.8) is 0 Å². The number of nitrogens with zero attached hydrogens (tertiary/aromatic N) is 4. The lowest BCUT2D eigenvalue weighted by Gasteiger charge is -2.40. The molecule has 214 valence electrons. The zero-order valence-corrected chi connectivity index (χ0v) is 24.7. The van der Waals surface area contributed by atoms with Gasteiger partial charge in [0, 0.05) is 63.5 Å². The third kappa shape index (κ3) is 6.19. The molecule has 1 fully saturated rings. The van der Waals surface area contributed by atoms with Crippen LogP contribution in [0.4, 0.5) is 4.79 Å². The second-order valence-electron chi connectivity index (χ2n) is 11.1. The van der Waals surface area contributed by atoms with Crippen molar-refractivity contribution in [3.05, 3.63) is 60.4 Å². The van der Waals surface area contributed by atoms with Gasteiger partial charge in [-0.2, -0.15) is 0 Å². The van der Waals surface area contributed by atoms with Crippen LogP contribution in [0, 0.1) is 0 Å². The molecule has 0 saturated carbocycles. The van der Waals surface area contributed by atoms with E-state index < -0.39 is 5.60 Å². The fourth-order valence-corrected chi connectivity index (χ4v) is 4.91. The molecule has 2 amide bonds. The molecule has 0 spiro atoms. The van der Waals surface area contributed by atoms with E-state index in [1.54, 1.807) is 19.1 Å². The van der Waals surface area contributed by atoms with Gasteiger partial charge in [0.2, 0.25) is 0 Å². The number of ether oxygens (including phenoxy) is 3. The summed E-state index contributed by atoms with van der Waals surface area (Å²) in [5.74, 6) is 1.63. The SMILES string of the molecule is COc1ccc2cc(C(=O)N3CCN(C(=O)OC(C)(C)C)CC3C)n(C)c2c1.COc1ccc2ccn(C)c2c1. The van der Waals surface area contributed by atoms with E-state index in [9.17, 15) is 9.59 Å². The minimum atomic E-state index is -0.530. The summed E-state index contributed by atoms with van der Waals surface area (Å²) in [6.07, 6.45) is 1.72. The summed E-state index contributed by atoms with van der Waals surface area (Å²) < 4.78 is 19.9. The van der Waals surface area contributed by atoms with Gasteiger partial charge in [0.15, 0.2) is 0 Å². The third-order valence-corrected chi connectivity index (χ3v) is 7.11. The van der Waals surface area contributed by atoms with E-state index in [1.807, 2.05) is 93.9 Å². The van der Waals surface area contributed by atoms with Crippen LogP contribution in [-0.2, 0) is 18.8 Å². The van der Waals surface area contributed by atoms with Crippen molar-refractivity contribution < 1.29 is 23.8 Å². The van der Waals surface area contributed by atoms with E-state index in [-0.39, 0.29) is 18.0 Å². The summed E-state index contributed by atoms with van der Waals surface area (Å²) >= 11 is 0. The van der Waals surface area contributed by atoms with E-state index in [1.165, 1.54) is 10.9 Å². The standard InChI is InChI=1S/C21H29N3O4.C10H11NO/c1-14-13-23(20(26)28-21(2,3)4)9-10-24(14)19(25)18-11-15-7-8-16(27-6)12-17(15)22(18)5;1-11-6-5-8-3-4-9(12-2)7-10(8)11/h7-8,11-12,14H,9-10,13H2,1-6H3;3-7H,1-2H3. The van der Waals surface area contributed by atoms with Crippen molar-refractivity contribution in [2.24, 2.45) is 14.1 Å². The van der Waals surface area contributed by atoms with Crippen LogP contribution in [0.15, 0.2) is 54.7 Å². The fourth-order valence-electron chi connectivity index (χ4n) is 4.91. The van der Waals surface area contributed by atoms with Crippen LogP contribution < -0.4 is 9.47 Å². The molecule has 9 nitrogen and oxygen atoms in total. The van der Waals surface area contributed by atoms with Crippen LogP contribution in [0.25, 0.3) is 21.8 Å². The smallest absolute Gasteiger partial charge is 0.410 e. The monoisotopic (exact) mass is 548 g/mol. The zero-order chi connectivity index (χ0) is 29.2. The number of piperazine rings is 1. The van der Waals surface area contributed by atoms with Crippen LogP contribution in [0.3, 0.4) is 0 Å². The van der Waals surface area contributed by atoms with Crippen LogP contribution in [0.1, 0.15) is 38.2 Å². The lowest BCUT2D eigenvalue weighted by Crippen LogP contribution is -2.56. The second-order valence-corrected chi connectivity index (χ2v) is 11.1. The molecule has 0 radical (unpaired) electrons. The van der Waals surface area contributed by atoms with Gasteiger partial charge in [-0.15, -0.1) is 0 Å². The number of benzene rings is 2. The number of amides is 2. The number of hydrogen-bond donors (Lipinski definition) is 0. The first kappa shape index (κ1) is 28.9. The zero-order valence-electron chi connectivity index (χ0n) is 24.7. The predicted molar refractivity (Wildman–Crippen MR) is 157 cm³/mol. The average Bonchev–Trinajstić information content (AvgIpc) is 3.46. The number of hydrogen-bond acceptors (Lipinski definition) is 5. The summed E-state index contributed by atoms with van der Waals surface area (Å²) in [5.41, 5.74) is 2.25. The number of carbonyl (C=O) groups excluding carboxylic acids is 2. The van der Waals surface area contributed by atoms with Gasteiger partial charge in [-0.25, -0.2) is 4.79 Å². The maximum absolute atomic E-state index is 13.2. The Morgan fingerprint density at radius 2 is 1.48 bits per heavy atom. The van der Waals surface area contributed by atoms with Crippen molar-refractivity contribution in [2.45, 2.75) is 39.3 Å². The largest absolute Gasteiger partial charge is 0.497 e. The number of fused-ring (bicyclic) bond motifs is 2. The summed E-state index contributed by atoms with van der Waals surface area (Å²) in [4.78, 5) is 29.0. The average molecular weight is 549 g/mol. The molecule has 1 aliphatic heterocycles. The predicted octanol–water partition coefficient (Wildman–Crippen LogP) is 5.46. The van der Waals surface area contributed by atoms with Crippen molar-refractivity contribution in [3.8, 4) is 11.5 Å². The third-order valence-electron chi connectivity index (χ3n) is 7.11. The number of aryl methyl sites for hydroxylation is 2. The highest BCUT2D eigenvalue weighted by atomic mass is 16.6. The van der Waals surface area contributed by atoms with E-state index in [0.717, 1.165) is 22.4 Å². The molecule has 3 heterocycles. The van der Waals surface area contributed by atoms with Gasteiger partial charge >= 0.3 is 6.09 Å². The molecule has 2 aromatic heterocycles. The number of aromatic nitrogens is 2. The van der Waals surface area contributed by atoms with Crippen molar-refractivity contribution in [2.75, 3.05) is 33.9 Å². The molecule has 0 N–H and O–H groups in total. The van der Waals surface area contributed by atoms with Gasteiger partial charge in [0.25, 0.3) is 5.91 Å². The Kier molecular flexibility index (Phi) is 8.32. The Bertz CT molecular complexity index is 1510. The Hall–Kier alpha value is -4.14. The van der Waals surface area contributed by atoms with Gasteiger partial charge in [0.1, 0.15) is 22.8 Å². The van der Waals surface area contributed by atoms with E-state index >= 15 is 0 Å². The number of carbonyl (C=O) groups is 2. The molecule has 1 unspecified atom stereocenters. The highest BCUT2D eigenvalue weighted by Gasteiger charge is 2.33. The van der Waals surface area contributed by atoms with Crippen molar-refractivity contribution in [1.29, 1.82) is 0 Å². The van der Waals surface area contributed by atoms with Gasteiger partial charge in [-0.3, -0.25) is 4.79 Å². The topological polar surface area (TPSA) is 78.2 Å².